The molecule has 1 saturated heterocycles. The highest BCUT2D eigenvalue weighted by molar-refractivity contribution is 5.76. The van der Waals surface area contributed by atoms with Gasteiger partial charge in [0.15, 0.2) is 0 Å². The first-order chi connectivity index (χ1) is 12.6. The van der Waals surface area contributed by atoms with Crippen molar-refractivity contribution in [1.82, 2.24) is 5.32 Å². The second kappa shape index (κ2) is 8.37. The number of carbonyl (C=O) groups is 1. The van der Waals surface area contributed by atoms with Gasteiger partial charge in [0.05, 0.1) is 0 Å². The molecule has 26 heavy (non-hydrogen) atoms. The van der Waals surface area contributed by atoms with Crippen molar-refractivity contribution in [3.63, 3.8) is 0 Å². The van der Waals surface area contributed by atoms with E-state index in [1.165, 1.54) is 11.1 Å². The molecule has 3 N–H and O–H groups in total. The van der Waals surface area contributed by atoms with Gasteiger partial charge in [-0.2, -0.15) is 0 Å². The van der Waals surface area contributed by atoms with E-state index in [1.54, 1.807) is 0 Å². The molecule has 0 saturated carbocycles. The third-order valence-corrected chi connectivity index (χ3v) is 5.47. The maximum Gasteiger partial charge on any atom is 0.220 e. The molecule has 0 atom stereocenters. The van der Waals surface area contributed by atoms with Crippen LogP contribution in [0.15, 0.2) is 48.5 Å². The Hall–Kier alpha value is -2.33. The minimum Gasteiger partial charge on any atom is -0.399 e. The van der Waals surface area contributed by atoms with Crippen molar-refractivity contribution in [3.8, 4) is 0 Å². The molecule has 0 aliphatic carbocycles. The molecule has 0 bridgehead atoms. The van der Waals surface area contributed by atoms with Crippen molar-refractivity contribution in [2.75, 3.05) is 25.5 Å². The Morgan fingerprint density at radius 1 is 1.12 bits per heavy atom. The molecule has 4 heteroatoms. The Bertz CT molecular complexity index is 751. The van der Waals surface area contributed by atoms with Crippen LogP contribution in [0.4, 0.5) is 5.69 Å². The number of amides is 1. The van der Waals surface area contributed by atoms with Gasteiger partial charge in [-0.25, -0.2) is 0 Å². The normalized spacial score (nSPS) is 16.2. The molecule has 1 aliphatic rings. The summed E-state index contributed by atoms with van der Waals surface area (Å²) in [5, 5.41) is 3.17. The smallest absolute Gasteiger partial charge is 0.220 e. The number of ether oxygens (including phenoxy) is 1. The van der Waals surface area contributed by atoms with Crippen LogP contribution in [0.5, 0.6) is 0 Å². The summed E-state index contributed by atoms with van der Waals surface area (Å²) in [5.41, 5.74) is 10.3. The van der Waals surface area contributed by atoms with E-state index in [-0.39, 0.29) is 11.3 Å². The molecule has 0 spiro atoms. The van der Waals surface area contributed by atoms with Crippen LogP contribution >= 0.6 is 0 Å². The van der Waals surface area contributed by atoms with Crippen LogP contribution in [0.3, 0.4) is 0 Å². The summed E-state index contributed by atoms with van der Waals surface area (Å²) < 4.78 is 5.58. The number of nitrogens with two attached hydrogens (primary N) is 1. The van der Waals surface area contributed by atoms with E-state index < -0.39 is 0 Å². The van der Waals surface area contributed by atoms with E-state index in [0.29, 0.717) is 19.4 Å². The number of carbonyl (C=O) groups excluding carboxylic acids is 1. The zero-order valence-electron chi connectivity index (χ0n) is 15.5. The van der Waals surface area contributed by atoms with Crippen LogP contribution in [0.25, 0.3) is 0 Å². The third kappa shape index (κ3) is 4.25. The van der Waals surface area contributed by atoms with E-state index in [1.807, 2.05) is 24.3 Å². The summed E-state index contributed by atoms with van der Waals surface area (Å²) in [6.07, 6.45) is 2.99. The van der Waals surface area contributed by atoms with Gasteiger partial charge in [-0.15, -0.1) is 0 Å². The Morgan fingerprint density at radius 2 is 1.81 bits per heavy atom. The molecular weight excluding hydrogens is 324 g/mol. The molecule has 2 aromatic carbocycles. The SMILES string of the molecule is Cc1ccccc1C1(CNC(=O)CCc2ccccc2N)CCOCC1. The third-order valence-electron chi connectivity index (χ3n) is 5.47. The van der Waals surface area contributed by atoms with Crippen molar-refractivity contribution in [2.45, 2.75) is 38.0 Å². The van der Waals surface area contributed by atoms with Crippen molar-refractivity contribution in [2.24, 2.45) is 0 Å². The van der Waals surface area contributed by atoms with Crippen molar-refractivity contribution >= 4 is 11.6 Å². The van der Waals surface area contributed by atoms with Crippen LogP contribution in [-0.2, 0) is 21.4 Å². The van der Waals surface area contributed by atoms with Gasteiger partial charge in [0.2, 0.25) is 5.91 Å². The zero-order valence-corrected chi connectivity index (χ0v) is 15.5. The number of para-hydroxylation sites is 1. The van der Waals surface area contributed by atoms with Crippen molar-refractivity contribution in [1.29, 1.82) is 0 Å². The molecule has 4 nitrogen and oxygen atoms in total. The molecule has 1 heterocycles. The van der Waals surface area contributed by atoms with Gasteiger partial charge in [-0.1, -0.05) is 42.5 Å². The van der Waals surface area contributed by atoms with Crippen molar-refractivity contribution < 1.29 is 9.53 Å². The molecule has 1 fully saturated rings. The summed E-state index contributed by atoms with van der Waals surface area (Å²) in [5.74, 6) is 0.0766. The second-order valence-corrected chi connectivity index (χ2v) is 7.18. The Balaban J connectivity index is 1.64. The highest BCUT2D eigenvalue weighted by atomic mass is 16.5. The summed E-state index contributed by atoms with van der Waals surface area (Å²) in [6, 6.07) is 16.2. The lowest BCUT2D eigenvalue weighted by molar-refractivity contribution is -0.121. The fraction of sp³-hybridized carbons (Fsp3) is 0.409. The molecule has 2 aromatic rings. The number of hydrogen-bond donors (Lipinski definition) is 2. The number of rotatable bonds is 6. The van der Waals surface area contributed by atoms with Crippen LogP contribution < -0.4 is 11.1 Å². The van der Waals surface area contributed by atoms with Gasteiger partial charge >= 0.3 is 0 Å². The topological polar surface area (TPSA) is 64.4 Å². The summed E-state index contributed by atoms with van der Waals surface area (Å²) in [6.45, 7) is 4.28. The number of benzene rings is 2. The van der Waals surface area contributed by atoms with Crippen LogP contribution in [0.2, 0.25) is 0 Å². The Kier molecular flexibility index (Phi) is 5.94. The predicted octanol–water partition coefficient (Wildman–Crippen LogP) is 3.37. The first-order valence-electron chi connectivity index (χ1n) is 9.35. The highest BCUT2D eigenvalue weighted by Gasteiger charge is 2.35. The fourth-order valence-electron chi connectivity index (χ4n) is 3.84. The lowest BCUT2D eigenvalue weighted by Crippen LogP contribution is -2.45. The minimum absolute atomic E-state index is 0.0367. The maximum atomic E-state index is 12.4. The molecular formula is C22H28N2O2. The number of aryl methyl sites for hydroxylation is 2. The minimum atomic E-state index is -0.0367. The molecule has 1 aliphatic heterocycles. The molecule has 3 rings (SSSR count). The number of hydrogen-bond acceptors (Lipinski definition) is 3. The average Bonchev–Trinajstić information content (AvgIpc) is 2.67. The molecule has 0 aromatic heterocycles. The fourth-order valence-corrected chi connectivity index (χ4v) is 3.84. The van der Waals surface area contributed by atoms with Gasteiger partial charge in [0, 0.05) is 37.3 Å². The first-order valence-corrected chi connectivity index (χ1v) is 9.35. The standard InChI is InChI=1S/C22H28N2O2/c1-17-6-2-4-8-19(17)22(12-14-26-15-13-22)16-24-21(25)11-10-18-7-3-5-9-20(18)23/h2-9H,10-16,23H2,1H3,(H,24,25). The number of anilines is 1. The molecule has 1 amide bonds. The lowest BCUT2D eigenvalue weighted by atomic mass is 9.72. The maximum absolute atomic E-state index is 12.4. The van der Waals surface area contributed by atoms with E-state index in [2.05, 4.69) is 36.5 Å². The lowest BCUT2D eigenvalue weighted by Gasteiger charge is -2.39. The summed E-state index contributed by atoms with van der Waals surface area (Å²) in [4.78, 5) is 12.4. The highest BCUT2D eigenvalue weighted by Crippen LogP contribution is 2.36. The quantitative estimate of drug-likeness (QED) is 0.784. The zero-order chi connectivity index (χ0) is 18.4. The second-order valence-electron chi connectivity index (χ2n) is 7.18. The van der Waals surface area contributed by atoms with Crippen LogP contribution in [0.1, 0.15) is 36.0 Å². The summed E-state index contributed by atoms with van der Waals surface area (Å²) >= 11 is 0. The van der Waals surface area contributed by atoms with E-state index in [0.717, 1.165) is 37.3 Å². The molecule has 0 radical (unpaired) electrons. The molecule has 138 valence electrons. The monoisotopic (exact) mass is 352 g/mol. The van der Waals surface area contributed by atoms with Gasteiger partial charge in [0.1, 0.15) is 0 Å². The Labute approximate surface area is 155 Å². The van der Waals surface area contributed by atoms with Crippen LogP contribution in [0, 0.1) is 6.92 Å². The predicted molar refractivity (Wildman–Crippen MR) is 105 cm³/mol. The average molecular weight is 352 g/mol. The van der Waals surface area contributed by atoms with E-state index in [9.17, 15) is 4.79 Å². The Morgan fingerprint density at radius 3 is 2.54 bits per heavy atom. The molecule has 0 unspecified atom stereocenters. The first kappa shape index (κ1) is 18.5. The number of nitrogens with one attached hydrogen (secondary N) is 1. The van der Waals surface area contributed by atoms with Crippen molar-refractivity contribution in [3.05, 3.63) is 65.2 Å². The largest absolute Gasteiger partial charge is 0.399 e. The van der Waals surface area contributed by atoms with Gasteiger partial charge in [-0.05, 0) is 48.9 Å². The summed E-state index contributed by atoms with van der Waals surface area (Å²) in [7, 11) is 0. The van der Waals surface area contributed by atoms with Crippen LogP contribution in [-0.4, -0.2) is 25.7 Å². The van der Waals surface area contributed by atoms with E-state index in [4.69, 9.17) is 10.5 Å². The van der Waals surface area contributed by atoms with Gasteiger partial charge in [0.25, 0.3) is 0 Å². The number of nitrogen functional groups attached to an aromatic ring is 1. The van der Waals surface area contributed by atoms with Gasteiger partial charge < -0.3 is 15.8 Å². The van der Waals surface area contributed by atoms with Gasteiger partial charge in [-0.3, -0.25) is 4.79 Å². The van der Waals surface area contributed by atoms with E-state index >= 15 is 0 Å².